The number of methoxy groups -OCH3 is 1. The number of halogens is 1. The lowest BCUT2D eigenvalue weighted by Gasteiger charge is -2.19. The third-order valence-electron chi connectivity index (χ3n) is 4.87. The van der Waals surface area contributed by atoms with Gasteiger partial charge in [0.15, 0.2) is 12.5 Å². The molecule has 3 rings (SSSR count). The molecule has 26 heavy (non-hydrogen) atoms. The van der Waals surface area contributed by atoms with Crippen molar-refractivity contribution in [3.63, 3.8) is 0 Å². The Kier molecular flexibility index (Phi) is 5.06. The van der Waals surface area contributed by atoms with Crippen LogP contribution in [0.15, 0.2) is 18.3 Å². The van der Waals surface area contributed by atoms with Gasteiger partial charge in [-0.2, -0.15) is 0 Å². The largest absolute Gasteiger partial charge is 0.496 e. The second kappa shape index (κ2) is 7.27. The van der Waals surface area contributed by atoms with Crippen molar-refractivity contribution in [2.45, 2.75) is 32.5 Å². The zero-order valence-electron chi connectivity index (χ0n) is 14.9. The summed E-state index contributed by atoms with van der Waals surface area (Å²) < 4.78 is 25.0. The summed E-state index contributed by atoms with van der Waals surface area (Å²) in [6.45, 7) is 3.85. The maximum Gasteiger partial charge on any atom is 0.255 e. The number of hydrogen-bond acceptors (Lipinski definition) is 5. The van der Waals surface area contributed by atoms with E-state index in [-0.39, 0.29) is 6.61 Å². The SMILES string of the molecule is CCC1C(COc2ncc(C)c3cc(C=O)c(OC)cc23)NC(=O)C1F. The maximum absolute atomic E-state index is 13.9. The minimum Gasteiger partial charge on any atom is -0.496 e. The summed E-state index contributed by atoms with van der Waals surface area (Å²) in [5.41, 5.74) is 1.33. The molecule has 3 atom stereocenters. The predicted octanol–water partition coefficient (Wildman–Crippen LogP) is 2.61. The van der Waals surface area contributed by atoms with Crippen LogP contribution in [0.4, 0.5) is 4.39 Å². The summed E-state index contributed by atoms with van der Waals surface area (Å²) >= 11 is 0. The number of aromatic nitrogens is 1. The fourth-order valence-corrected chi connectivity index (χ4v) is 3.37. The molecule has 6 nitrogen and oxygen atoms in total. The Bertz CT molecular complexity index is 855. The van der Waals surface area contributed by atoms with E-state index in [4.69, 9.17) is 9.47 Å². The number of hydrogen-bond donors (Lipinski definition) is 1. The van der Waals surface area contributed by atoms with Gasteiger partial charge in [0.1, 0.15) is 12.4 Å². The van der Waals surface area contributed by atoms with Gasteiger partial charge in [0.2, 0.25) is 5.88 Å². The molecule has 138 valence electrons. The van der Waals surface area contributed by atoms with Gasteiger partial charge in [0.05, 0.1) is 18.7 Å². The summed E-state index contributed by atoms with van der Waals surface area (Å²) in [6, 6.07) is 3.03. The average Bonchev–Trinajstić information content (AvgIpc) is 2.93. The summed E-state index contributed by atoms with van der Waals surface area (Å²) in [4.78, 5) is 27.1. The molecule has 1 saturated heterocycles. The molecular weight excluding hydrogens is 339 g/mol. The minimum absolute atomic E-state index is 0.119. The van der Waals surface area contributed by atoms with Crippen molar-refractivity contribution >= 4 is 23.0 Å². The van der Waals surface area contributed by atoms with Crippen molar-refractivity contribution in [2.75, 3.05) is 13.7 Å². The molecule has 2 aromatic rings. The summed E-state index contributed by atoms with van der Waals surface area (Å²) in [7, 11) is 1.49. The number of aryl methyl sites for hydroxylation is 1. The second-order valence-corrected chi connectivity index (χ2v) is 6.40. The Morgan fingerprint density at radius 3 is 2.77 bits per heavy atom. The molecule has 0 aliphatic carbocycles. The van der Waals surface area contributed by atoms with Crippen molar-refractivity contribution in [1.29, 1.82) is 0 Å². The van der Waals surface area contributed by atoms with Crippen molar-refractivity contribution in [3.05, 3.63) is 29.5 Å². The lowest BCUT2D eigenvalue weighted by atomic mass is 9.97. The third-order valence-corrected chi connectivity index (χ3v) is 4.87. The van der Waals surface area contributed by atoms with Gasteiger partial charge in [-0.1, -0.05) is 6.92 Å². The van der Waals surface area contributed by atoms with Crippen LogP contribution in [0.1, 0.15) is 29.3 Å². The summed E-state index contributed by atoms with van der Waals surface area (Å²) in [5.74, 6) is -0.234. The molecule has 1 aliphatic rings. The molecule has 1 aliphatic heterocycles. The number of ether oxygens (including phenoxy) is 2. The number of carbonyl (C=O) groups is 2. The fraction of sp³-hybridized carbons (Fsp3) is 0.421. The van der Waals surface area contributed by atoms with E-state index < -0.39 is 24.0 Å². The van der Waals surface area contributed by atoms with E-state index in [1.807, 2.05) is 13.8 Å². The fourth-order valence-electron chi connectivity index (χ4n) is 3.37. The molecule has 0 spiro atoms. The highest BCUT2D eigenvalue weighted by Gasteiger charge is 2.41. The van der Waals surface area contributed by atoms with Crippen molar-refractivity contribution in [3.8, 4) is 11.6 Å². The van der Waals surface area contributed by atoms with Gasteiger partial charge < -0.3 is 14.8 Å². The average molecular weight is 360 g/mol. The molecule has 1 amide bonds. The van der Waals surface area contributed by atoms with Crippen molar-refractivity contribution in [2.24, 2.45) is 5.92 Å². The number of carbonyl (C=O) groups excluding carboxylic acids is 2. The number of nitrogens with one attached hydrogen (secondary N) is 1. The van der Waals surface area contributed by atoms with E-state index in [2.05, 4.69) is 10.3 Å². The number of nitrogens with zero attached hydrogens (tertiary/aromatic N) is 1. The van der Waals surface area contributed by atoms with Crippen LogP contribution in [-0.4, -0.2) is 43.1 Å². The van der Waals surface area contributed by atoms with Gasteiger partial charge in [-0.3, -0.25) is 9.59 Å². The predicted molar refractivity (Wildman–Crippen MR) is 94.5 cm³/mol. The van der Waals surface area contributed by atoms with Crippen LogP contribution in [0.2, 0.25) is 0 Å². The van der Waals surface area contributed by atoms with Gasteiger partial charge in [-0.15, -0.1) is 0 Å². The molecule has 7 heteroatoms. The molecule has 0 radical (unpaired) electrons. The van der Waals surface area contributed by atoms with Crippen LogP contribution in [-0.2, 0) is 4.79 Å². The molecule has 1 fully saturated rings. The Labute approximate surface area is 150 Å². The van der Waals surface area contributed by atoms with Crippen molar-refractivity contribution < 1.29 is 23.5 Å². The number of aldehydes is 1. The van der Waals surface area contributed by atoms with Gasteiger partial charge in [-0.05, 0) is 36.4 Å². The number of alkyl halides is 1. The van der Waals surface area contributed by atoms with Crippen LogP contribution in [0.3, 0.4) is 0 Å². The molecule has 1 aromatic heterocycles. The van der Waals surface area contributed by atoms with Gasteiger partial charge in [0, 0.05) is 17.5 Å². The minimum atomic E-state index is -1.51. The first-order chi connectivity index (χ1) is 12.5. The van der Waals surface area contributed by atoms with E-state index in [0.29, 0.717) is 29.0 Å². The zero-order valence-corrected chi connectivity index (χ0v) is 14.9. The van der Waals surface area contributed by atoms with E-state index in [1.165, 1.54) is 7.11 Å². The van der Waals surface area contributed by atoms with Gasteiger partial charge in [-0.25, -0.2) is 9.37 Å². The second-order valence-electron chi connectivity index (χ2n) is 6.40. The maximum atomic E-state index is 13.9. The first kappa shape index (κ1) is 18.1. The quantitative estimate of drug-likeness (QED) is 0.801. The Balaban J connectivity index is 1.92. The smallest absolute Gasteiger partial charge is 0.255 e. The standard InChI is InChI=1S/C19H21FN2O4/c1-4-12-15(22-18(24)17(12)20)9-26-19-14-6-16(25-3)11(8-23)5-13(14)10(2)7-21-19/h5-8,12,15,17H,4,9H2,1-3H3,(H,22,24). The first-order valence-corrected chi connectivity index (χ1v) is 8.49. The normalized spacial score (nSPS) is 22.3. The highest BCUT2D eigenvalue weighted by Crippen LogP contribution is 2.32. The summed E-state index contributed by atoms with van der Waals surface area (Å²) in [6.07, 6.45) is 1.42. The lowest BCUT2D eigenvalue weighted by molar-refractivity contribution is -0.123. The highest BCUT2D eigenvalue weighted by molar-refractivity contribution is 5.96. The third kappa shape index (κ3) is 3.09. The van der Waals surface area contributed by atoms with E-state index in [1.54, 1.807) is 18.3 Å². The zero-order chi connectivity index (χ0) is 18.8. The highest BCUT2D eigenvalue weighted by atomic mass is 19.1. The van der Waals surface area contributed by atoms with Crippen molar-refractivity contribution in [1.82, 2.24) is 10.3 Å². The van der Waals surface area contributed by atoms with Gasteiger partial charge in [0.25, 0.3) is 5.91 Å². The van der Waals surface area contributed by atoms with Crippen LogP contribution in [0, 0.1) is 12.8 Å². The lowest BCUT2D eigenvalue weighted by Crippen LogP contribution is -2.34. The monoisotopic (exact) mass is 360 g/mol. The first-order valence-electron chi connectivity index (χ1n) is 8.49. The topological polar surface area (TPSA) is 77.5 Å². The Morgan fingerprint density at radius 2 is 2.12 bits per heavy atom. The molecule has 0 saturated carbocycles. The van der Waals surface area contributed by atoms with Crippen LogP contribution >= 0.6 is 0 Å². The number of rotatable bonds is 6. The van der Waals surface area contributed by atoms with Crippen LogP contribution in [0.25, 0.3) is 10.8 Å². The molecular formula is C19H21FN2O4. The van der Waals surface area contributed by atoms with Crippen LogP contribution in [0.5, 0.6) is 11.6 Å². The summed E-state index contributed by atoms with van der Waals surface area (Å²) in [5, 5.41) is 4.16. The Hall–Kier alpha value is -2.70. The molecule has 3 unspecified atom stereocenters. The number of benzene rings is 1. The number of amides is 1. The molecule has 0 bridgehead atoms. The number of pyridine rings is 1. The van der Waals surface area contributed by atoms with E-state index in [0.717, 1.165) is 17.2 Å². The van der Waals surface area contributed by atoms with Crippen LogP contribution < -0.4 is 14.8 Å². The van der Waals surface area contributed by atoms with E-state index >= 15 is 0 Å². The number of fused-ring (bicyclic) bond motifs is 1. The molecule has 1 aromatic carbocycles. The molecule has 2 heterocycles. The Morgan fingerprint density at radius 1 is 1.35 bits per heavy atom. The molecule has 1 N–H and O–H groups in total. The van der Waals surface area contributed by atoms with Gasteiger partial charge >= 0.3 is 0 Å². The van der Waals surface area contributed by atoms with E-state index in [9.17, 15) is 14.0 Å².